The number of rotatable bonds is 3. The maximum absolute atomic E-state index is 12.8. The summed E-state index contributed by atoms with van der Waals surface area (Å²) in [5.74, 6) is 1.50. The summed E-state index contributed by atoms with van der Waals surface area (Å²) >= 11 is 0. The normalized spacial score (nSPS) is 13.3. The Kier molecular flexibility index (Phi) is 4.14. The molecule has 0 spiro atoms. The Bertz CT molecular complexity index is 938. The van der Waals surface area contributed by atoms with Crippen LogP contribution in [-0.2, 0) is 12.8 Å². The molecule has 0 aliphatic heterocycles. The first-order chi connectivity index (χ1) is 12.3. The summed E-state index contributed by atoms with van der Waals surface area (Å²) < 4.78 is 11.1. The summed E-state index contributed by atoms with van der Waals surface area (Å²) in [5.41, 5.74) is 4.67. The van der Waals surface area contributed by atoms with Crippen LogP contribution in [0.2, 0.25) is 0 Å². The fraction of sp³-hybridized carbons (Fsp3) is 0.227. The molecule has 0 saturated carbocycles. The van der Waals surface area contributed by atoms with Gasteiger partial charge in [0, 0.05) is 5.56 Å². The topological polar surface area (TPSA) is 39.4 Å². The molecule has 1 aliphatic rings. The molecule has 0 bridgehead atoms. The van der Waals surface area contributed by atoms with Gasteiger partial charge in [0.1, 0.15) is 11.5 Å². The van der Waals surface area contributed by atoms with Gasteiger partial charge < -0.3 is 9.15 Å². The van der Waals surface area contributed by atoms with Crippen LogP contribution in [-0.4, -0.2) is 7.11 Å². The lowest BCUT2D eigenvalue weighted by Crippen LogP contribution is -2.15. The van der Waals surface area contributed by atoms with E-state index < -0.39 is 0 Å². The minimum atomic E-state index is -0.252. The average Bonchev–Trinajstić information content (AvgIpc) is 2.68. The molecule has 0 atom stereocenters. The molecule has 0 amide bonds. The molecular formula is C22H20O3. The second-order valence-electron chi connectivity index (χ2n) is 6.35. The maximum atomic E-state index is 12.8. The van der Waals surface area contributed by atoms with Crippen molar-refractivity contribution in [3.63, 3.8) is 0 Å². The molecule has 0 fully saturated rings. The first-order valence-corrected chi connectivity index (χ1v) is 8.66. The van der Waals surface area contributed by atoms with Crippen molar-refractivity contribution < 1.29 is 9.15 Å². The summed E-state index contributed by atoms with van der Waals surface area (Å²) in [4.78, 5) is 12.8. The third kappa shape index (κ3) is 2.86. The Morgan fingerprint density at radius 3 is 2.20 bits per heavy atom. The number of benzene rings is 2. The minimum Gasteiger partial charge on any atom is -0.497 e. The van der Waals surface area contributed by atoms with E-state index >= 15 is 0 Å². The van der Waals surface area contributed by atoms with Gasteiger partial charge in [-0.15, -0.1) is 0 Å². The van der Waals surface area contributed by atoms with E-state index in [1.165, 1.54) is 5.56 Å². The van der Waals surface area contributed by atoms with Gasteiger partial charge in [-0.2, -0.15) is 0 Å². The van der Waals surface area contributed by atoms with Crippen molar-refractivity contribution >= 4 is 0 Å². The van der Waals surface area contributed by atoms with Crippen LogP contribution < -0.4 is 10.4 Å². The molecular weight excluding hydrogens is 312 g/mol. The summed E-state index contributed by atoms with van der Waals surface area (Å²) in [6.45, 7) is 0. The number of fused-ring (bicyclic) bond motifs is 1. The first kappa shape index (κ1) is 15.7. The zero-order valence-electron chi connectivity index (χ0n) is 14.2. The molecule has 4 rings (SSSR count). The zero-order valence-corrected chi connectivity index (χ0v) is 14.2. The van der Waals surface area contributed by atoms with Crippen molar-refractivity contribution in [3.05, 3.63) is 76.1 Å². The molecule has 3 aromatic rings. The lowest BCUT2D eigenvalue weighted by Gasteiger charge is -2.21. The smallest absolute Gasteiger partial charge is 0.344 e. The highest BCUT2D eigenvalue weighted by molar-refractivity contribution is 5.73. The molecule has 0 radical (unpaired) electrons. The fourth-order valence-electron chi connectivity index (χ4n) is 3.63. The standard InChI is InChI=1S/C22H20O3/c1-24-17-13-11-16(12-14-17)21-19-10-6-5-9-18(19)20(22(23)25-21)15-7-3-2-4-8-15/h2-4,7-8,11-14H,5-6,9-10H2,1H3. The second kappa shape index (κ2) is 6.60. The number of ether oxygens (including phenoxy) is 1. The van der Waals surface area contributed by atoms with Crippen LogP contribution in [0.1, 0.15) is 24.0 Å². The summed E-state index contributed by atoms with van der Waals surface area (Å²) in [5, 5.41) is 0. The van der Waals surface area contributed by atoms with Crippen molar-refractivity contribution in [3.8, 4) is 28.2 Å². The molecule has 1 heterocycles. The van der Waals surface area contributed by atoms with Gasteiger partial charge >= 0.3 is 5.63 Å². The molecule has 3 nitrogen and oxygen atoms in total. The third-order valence-corrected chi connectivity index (χ3v) is 4.86. The van der Waals surface area contributed by atoms with E-state index in [0.29, 0.717) is 5.76 Å². The highest BCUT2D eigenvalue weighted by Crippen LogP contribution is 2.36. The third-order valence-electron chi connectivity index (χ3n) is 4.86. The molecule has 126 valence electrons. The SMILES string of the molecule is COc1ccc(-c2oc(=O)c(-c3ccccc3)c3c2CCCC3)cc1. The van der Waals surface area contributed by atoms with Crippen molar-refractivity contribution in [2.24, 2.45) is 0 Å². The second-order valence-corrected chi connectivity index (χ2v) is 6.35. The fourth-order valence-corrected chi connectivity index (χ4v) is 3.63. The largest absolute Gasteiger partial charge is 0.497 e. The lowest BCUT2D eigenvalue weighted by molar-refractivity contribution is 0.415. The van der Waals surface area contributed by atoms with E-state index in [9.17, 15) is 4.79 Å². The Labute approximate surface area is 146 Å². The van der Waals surface area contributed by atoms with Crippen LogP contribution in [0.25, 0.3) is 22.5 Å². The Hall–Kier alpha value is -2.81. The molecule has 25 heavy (non-hydrogen) atoms. The van der Waals surface area contributed by atoms with Gasteiger partial charge in [0.25, 0.3) is 0 Å². The van der Waals surface area contributed by atoms with E-state index in [2.05, 4.69) is 0 Å². The number of methoxy groups -OCH3 is 1. The van der Waals surface area contributed by atoms with Gasteiger partial charge in [0.2, 0.25) is 0 Å². The van der Waals surface area contributed by atoms with Crippen LogP contribution in [0.5, 0.6) is 5.75 Å². The molecule has 1 aromatic heterocycles. The monoisotopic (exact) mass is 332 g/mol. The van der Waals surface area contributed by atoms with Crippen LogP contribution >= 0.6 is 0 Å². The predicted molar refractivity (Wildman–Crippen MR) is 99.0 cm³/mol. The predicted octanol–water partition coefficient (Wildman–Crippen LogP) is 4.86. The van der Waals surface area contributed by atoms with Crippen molar-refractivity contribution in [1.29, 1.82) is 0 Å². The Morgan fingerprint density at radius 2 is 1.52 bits per heavy atom. The first-order valence-electron chi connectivity index (χ1n) is 8.66. The van der Waals surface area contributed by atoms with Crippen LogP contribution in [0.4, 0.5) is 0 Å². The lowest BCUT2D eigenvalue weighted by atomic mass is 9.85. The molecule has 2 aromatic carbocycles. The minimum absolute atomic E-state index is 0.252. The quantitative estimate of drug-likeness (QED) is 0.687. The van der Waals surface area contributed by atoms with Crippen molar-refractivity contribution in [2.75, 3.05) is 7.11 Å². The van der Waals surface area contributed by atoms with E-state index in [1.54, 1.807) is 7.11 Å². The number of hydrogen-bond acceptors (Lipinski definition) is 3. The van der Waals surface area contributed by atoms with Crippen molar-refractivity contribution in [1.82, 2.24) is 0 Å². The van der Waals surface area contributed by atoms with E-state index in [-0.39, 0.29) is 5.63 Å². The molecule has 0 unspecified atom stereocenters. The van der Waals surface area contributed by atoms with Gasteiger partial charge in [-0.3, -0.25) is 0 Å². The number of hydrogen-bond donors (Lipinski definition) is 0. The van der Waals surface area contributed by atoms with Gasteiger partial charge in [-0.1, -0.05) is 30.3 Å². The highest BCUT2D eigenvalue weighted by atomic mass is 16.5. The molecule has 0 N–H and O–H groups in total. The Balaban J connectivity index is 1.92. The highest BCUT2D eigenvalue weighted by Gasteiger charge is 2.23. The van der Waals surface area contributed by atoms with Crippen LogP contribution in [0.3, 0.4) is 0 Å². The molecule has 1 aliphatic carbocycles. The van der Waals surface area contributed by atoms with Gasteiger partial charge in [-0.05, 0) is 66.6 Å². The van der Waals surface area contributed by atoms with E-state index in [4.69, 9.17) is 9.15 Å². The van der Waals surface area contributed by atoms with Gasteiger partial charge in [-0.25, -0.2) is 4.79 Å². The summed E-state index contributed by atoms with van der Waals surface area (Å²) in [6, 6.07) is 17.5. The Morgan fingerprint density at radius 1 is 0.840 bits per heavy atom. The van der Waals surface area contributed by atoms with Crippen LogP contribution in [0.15, 0.2) is 63.8 Å². The van der Waals surface area contributed by atoms with Gasteiger partial charge in [0.05, 0.1) is 12.7 Å². The zero-order chi connectivity index (χ0) is 17.2. The molecule has 0 saturated heterocycles. The summed E-state index contributed by atoms with van der Waals surface area (Å²) in [6.07, 6.45) is 4.10. The average molecular weight is 332 g/mol. The van der Waals surface area contributed by atoms with Gasteiger partial charge in [0.15, 0.2) is 0 Å². The van der Waals surface area contributed by atoms with Crippen LogP contribution in [0, 0.1) is 0 Å². The summed E-state index contributed by atoms with van der Waals surface area (Å²) in [7, 11) is 1.64. The maximum Gasteiger partial charge on any atom is 0.344 e. The van der Waals surface area contributed by atoms with E-state index in [0.717, 1.165) is 53.7 Å². The van der Waals surface area contributed by atoms with Crippen molar-refractivity contribution in [2.45, 2.75) is 25.7 Å². The van der Waals surface area contributed by atoms with E-state index in [1.807, 2.05) is 54.6 Å². The molecule has 3 heteroatoms.